The van der Waals surface area contributed by atoms with Gasteiger partial charge in [0.1, 0.15) is 5.82 Å². The van der Waals surface area contributed by atoms with Crippen molar-refractivity contribution in [3.05, 3.63) is 67.4 Å². The summed E-state index contributed by atoms with van der Waals surface area (Å²) in [7, 11) is 0. The second-order valence-corrected chi connectivity index (χ2v) is 5.69. The molecule has 1 unspecified atom stereocenters. The number of nitrogens with zero attached hydrogens (tertiary/aromatic N) is 1. The fourth-order valence-electron chi connectivity index (χ4n) is 1.99. The minimum absolute atomic E-state index is 0.0202. The molecule has 0 saturated carbocycles. The Hall–Kier alpha value is -1.66. The van der Waals surface area contributed by atoms with E-state index in [1.807, 2.05) is 0 Å². The van der Waals surface area contributed by atoms with Gasteiger partial charge in [0.15, 0.2) is 0 Å². The first kappa shape index (κ1) is 15.7. The van der Waals surface area contributed by atoms with Crippen molar-refractivity contribution in [2.75, 3.05) is 5.32 Å². The van der Waals surface area contributed by atoms with Crippen molar-refractivity contribution in [1.29, 1.82) is 0 Å². The van der Waals surface area contributed by atoms with Crippen LogP contribution in [0.3, 0.4) is 0 Å². The van der Waals surface area contributed by atoms with E-state index in [0.29, 0.717) is 15.7 Å². The molecule has 0 saturated heterocycles. The fourth-order valence-corrected chi connectivity index (χ4v) is 2.92. The minimum atomic E-state index is -0.462. The molecule has 0 aliphatic carbocycles. The molecule has 0 aliphatic heterocycles. The van der Waals surface area contributed by atoms with Crippen molar-refractivity contribution in [2.45, 2.75) is 13.0 Å². The molecule has 7 heteroatoms. The molecule has 0 amide bonds. The van der Waals surface area contributed by atoms with E-state index in [0.717, 1.165) is 0 Å². The number of hydrogen-bond acceptors (Lipinski definition) is 3. The molecule has 0 aliphatic rings. The SMILES string of the molecule is CC(Nc1c(Cl)cc(F)cc1Br)c1ccccc1[N+](=O)[O-]. The van der Waals surface area contributed by atoms with Crippen molar-refractivity contribution in [2.24, 2.45) is 0 Å². The van der Waals surface area contributed by atoms with Gasteiger partial charge in [0.05, 0.1) is 27.2 Å². The van der Waals surface area contributed by atoms with E-state index >= 15 is 0 Å². The maximum atomic E-state index is 13.2. The average molecular weight is 374 g/mol. The molecular weight excluding hydrogens is 363 g/mol. The van der Waals surface area contributed by atoms with Crippen molar-refractivity contribution in [3.63, 3.8) is 0 Å². The van der Waals surface area contributed by atoms with Crippen molar-refractivity contribution in [3.8, 4) is 0 Å². The van der Waals surface area contributed by atoms with Crippen LogP contribution in [0.15, 0.2) is 40.9 Å². The predicted octanol–water partition coefficient (Wildman–Crippen LogP) is 5.32. The zero-order valence-electron chi connectivity index (χ0n) is 10.9. The largest absolute Gasteiger partial charge is 0.376 e. The lowest BCUT2D eigenvalue weighted by molar-refractivity contribution is -0.385. The molecule has 0 fully saturated rings. The Kier molecular flexibility index (Phi) is 4.80. The highest BCUT2D eigenvalue weighted by atomic mass is 79.9. The number of nitro benzene ring substituents is 1. The van der Waals surface area contributed by atoms with Crippen LogP contribution in [0.25, 0.3) is 0 Å². The zero-order chi connectivity index (χ0) is 15.6. The zero-order valence-corrected chi connectivity index (χ0v) is 13.3. The number of nitro groups is 1. The fraction of sp³-hybridized carbons (Fsp3) is 0.143. The summed E-state index contributed by atoms with van der Waals surface area (Å²) in [6, 6.07) is 8.53. The molecule has 1 N–H and O–H groups in total. The van der Waals surface area contributed by atoms with Crippen LogP contribution >= 0.6 is 27.5 Å². The molecule has 2 aromatic carbocycles. The third kappa shape index (κ3) is 3.51. The van der Waals surface area contributed by atoms with Gasteiger partial charge in [0.25, 0.3) is 5.69 Å². The predicted molar refractivity (Wildman–Crippen MR) is 84.2 cm³/mol. The van der Waals surface area contributed by atoms with Gasteiger partial charge in [-0.25, -0.2) is 4.39 Å². The lowest BCUT2D eigenvalue weighted by atomic mass is 10.1. The number of halogens is 3. The average Bonchev–Trinajstić information content (AvgIpc) is 2.42. The maximum Gasteiger partial charge on any atom is 0.274 e. The van der Waals surface area contributed by atoms with E-state index in [9.17, 15) is 14.5 Å². The summed E-state index contributed by atoms with van der Waals surface area (Å²) in [6.07, 6.45) is 0. The van der Waals surface area contributed by atoms with E-state index in [1.165, 1.54) is 18.2 Å². The van der Waals surface area contributed by atoms with Crippen LogP contribution in [0, 0.1) is 15.9 Å². The lowest BCUT2D eigenvalue weighted by Crippen LogP contribution is -2.10. The number of hydrogen-bond donors (Lipinski definition) is 1. The molecular formula is C14H11BrClFN2O2. The first-order valence-electron chi connectivity index (χ1n) is 6.04. The Morgan fingerprint density at radius 3 is 2.67 bits per heavy atom. The molecule has 2 aromatic rings. The first-order valence-corrected chi connectivity index (χ1v) is 7.21. The molecule has 21 heavy (non-hydrogen) atoms. The molecule has 2 rings (SSSR count). The van der Waals surface area contributed by atoms with Crippen LogP contribution in [-0.4, -0.2) is 4.92 Å². The highest BCUT2D eigenvalue weighted by molar-refractivity contribution is 9.10. The third-order valence-electron chi connectivity index (χ3n) is 2.97. The highest BCUT2D eigenvalue weighted by Crippen LogP contribution is 2.35. The first-order chi connectivity index (χ1) is 9.90. The monoisotopic (exact) mass is 372 g/mol. The molecule has 0 heterocycles. The molecule has 0 bridgehead atoms. The molecule has 110 valence electrons. The van der Waals surface area contributed by atoms with E-state index < -0.39 is 10.7 Å². The number of nitrogens with one attached hydrogen (secondary N) is 1. The lowest BCUT2D eigenvalue weighted by Gasteiger charge is -2.18. The van der Waals surface area contributed by atoms with Crippen LogP contribution in [0.4, 0.5) is 15.8 Å². The summed E-state index contributed by atoms with van der Waals surface area (Å²) in [4.78, 5) is 10.6. The quantitative estimate of drug-likeness (QED) is 0.582. The van der Waals surface area contributed by atoms with Crippen LogP contribution in [0.1, 0.15) is 18.5 Å². The van der Waals surface area contributed by atoms with Gasteiger partial charge in [-0.15, -0.1) is 0 Å². The molecule has 4 nitrogen and oxygen atoms in total. The van der Waals surface area contributed by atoms with E-state index in [4.69, 9.17) is 11.6 Å². The summed E-state index contributed by atoms with van der Waals surface area (Å²) >= 11 is 9.23. The number of anilines is 1. The Morgan fingerprint density at radius 1 is 1.38 bits per heavy atom. The Balaban J connectivity index is 2.35. The standard InChI is InChI=1S/C14H11BrClFN2O2/c1-8(10-4-2-3-5-13(10)19(20)21)18-14-11(15)6-9(17)7-12(14)16/h2-8,18H,1H3. The van der Waals surface area contributed by atoms with Crippen LogP contribution in [-0.2, 0) is 0 Å². The Bertz CT molecular complexity index is 673. The smallest absolute Gasteiger partial charge is 0.274 e. The van der Waals surface area contributed by atoms with Gasteiger partial charge in [-0.3, -0.25) is 10.1 Å². The number of para-hydroxylation sites is 1. The van der Waals surface area contributed by atoms with Gasteiger partial charge in [-0.05, 0) is 35.0 Å². The third-order valence-corrected chi connectivity index (χ3v) is 3.89. The molecule has 0 spiro atoms. The van der Waals surface area contributed by atoms with E-state index in [2.05, 4.69) is 21.2 Å². The summed E-state index contributed by atoms with van der Waals surface area (Å²) in [5.74, 6) is -0.462. The summed E-state index contributed by atoms with van der Waals surface area (Å²) < 4.78 is 13.7. The van der Waals surface area contributed by atoms with Crippen molar-refractivity contribution in [1.82, 2.24) is 0 Å². The second-order valence-electron chi connectivity index (χ2n) is 4.43. The number of benzene rings is 2. The van der Waals surface area contributed by atoms with E-state index in [1.54, 1.807) is 25.1 Å². The van der Waals surface area contributed by atoms with Gasteiger partial charge < -0.3 is 5.32 Å². The molecule has 0 aromatic heterocycles. The summed E-state index contributed by atoms with van der Waals surface area (Å²) in [5, 5.41) is 14.3. The highest BCUT2D eigenvalue weighted by Gasteiger charge is 2.19. The number of rotatable bonds is 4. The van der Waals surface area contributed by atoms with Crippen molar-refractivity contribution >= 4 is 38.9 Å². The van der Waals surface area contributed by atoms with Crippen LogP contribution in [0.5, 0.6) is 0 Å². The second kappa shape index (κ2) is 6.41. The summed E-state index contributed by atoms with van der Waals surface area (Å²) in [6.45, 7) is 1.77. The summed E-state index contributed by atoms with van der Waals surface area (Å²) in [5.41, 5.74) is 1.03. The normalized spacial score (nSPS) is 12.0. The molecule has 1 atom stereocenters. The maximum absolute atomic E-state index is 13.2. The van der Waals surface area contributed by atoms with Gasteiger partial charge in [-0.2, -0.15) is 0 Å². The van der Waals surface area contributed by atoms with Gasteiger partial charge in [-0.1, -0.05) is 29.8 Å². The van der Waals surface area contributed by atoms with Crippen molar-refractivity contribution < 1.29 is 9.31 Å². The minimum Gasteiger partial charge on any atom is -0.376 e. The Labute approximate surface area is 134 Å². The van der Waals surface area contributed by atoms with Crippen LogP contribution < -0.4 is 5.32 Å². The van der Waals surface area contributed by atoms with Gasteiger partial charge in [0, 0.05) is 10.5 Å². The van der Waals surface area contributed by atoms with Gasteiger partial charge >= 0.3 is 0 Å². The molecule has 0 radical (unpaired) electrons. The topological polar surface area (TPSA) is 55.2 Å². The van der Waals surface area contributed by atoms with E-state index in [-0.39, 0.29) is 16.8 Å². The van der Waals surface area contributed by atoms with Crippen LogP contribution in [0.2, 0.25) is 5.02 Å². The Morgan fingerprint density at radius 2 is 2.05 bits per heavy atom. The van der Waals surface area contributed by atoms with Gasteiger partial charge in [0.2, 0.25) is 0 Å².